The van der Waals surface area contributed by atoms with E-state index in [-0.39, 0.29) is 31.7 Å². The largest absolute Gasteiger partial charge is 0.480 e. The lowest BCUT2D eigenvalue weighted by atomic mass is 10.00. The van der Waals surface area contributed by atoms with Crippen LogP contribution >= 0.6 is 0 Å². The van der Waals surface area contributed by atoms with E-state index in [4.69, 9.17) is 38.3 Å². The molecule has 190 valence electrons. The number of esters is 1. The fourth-order valence-electron chi connectivity index (χ4n) is 2.52. The third-order valence-electron chi connectivity index (χ3n) is 4.29. The molecule has 0 amide bonds. The van der Waals surface area contributed by atoms with Crippen LogP contribution in [0.4, 0.5) is 0 Å². The first-order valence-corrected chi connectivity index (χ1v) is 11.5. The second-order valence-corrected chi connectivity index (χ2v) is 6.92. The van der Waals surface area contributed by atoms with E-state index in [0.717, 1.165) is 25.7 Å². The normalized spacial score (nSPS) is 12.1. The molecule has 32 heavy (non-hydrogen) atoms. The third-order valence-corrected chi connectivity index (χ3v) is 4.29. The van der Waals surface area contributed by atoms with Crippen molar-refractivity contribution in [2.24, 2.45) is 5.92 Å². The van der Waals surface area contributed by atoms with Crippen molar-refractivity contribution in [1.29, 1.82) is 0 Å². The smallest absolute Gasteiger partial charge is 0.329 e. The van der Waals surface area contributed by atoms with Gasteiger partial charge in [0.05, 0.1) is 78.6 Å². The minimum absolute atomic E-state index is 0.00558. The van der Waals surface area contributed by atoms with E-state index < -0.39 is 5.97 Å². The molecule has 1 atom stereocenters. The van der Waals surface area contributed by atoms with Gasteiger partial charge in [-0.05, 0) is 12.8 Å². The Morgan fingerprint density at radius 2 is 1.06 bits per heavy atom. The molecule has 1 N–H and O–H groups in total. The highest BCUT2D eigenvalue weighted by atomic mass is 16.6. The number of ether oxygens (including phenoxy) is 7. The van der Waals surface area contributed by atoms with Gasteiger partial charge in [-0.2, -0.15) is 0 Å². The molecular formula is C22H42O10. The lowest BCUT2D eigenvalue weighted by Gasteiger charge is -2.13. The van der Waals surface area contributed by atoms with Gasteiger partial charge in [0.25, 0.3) is 0 Å². The summed E-state index contributed by atoms with van der Waals surface area (Å²) in [4.78, 5) is 22.2. The fourth-order valence-corrected chi connectivity index (χ4v) is 2.52. The molecule has 0 aliphatic carbocycles. The summed E-state index contributed by atoms with van der Waals surface area (Å²) in [6.45, 7) is 8.61. The molecule has 0 saturated heterocycles. The molecule has 0 aromatic heterocycles. The van der Waals surface area contributed by atoms with Crippen molar-refractivity contribution in [1.82, 2.24) is 0 Å². The molecule has 0 bridgehead atoms. The van der Waals surface area contributed by atoms with Crippen molar-refractivity contribution < 1.29 is 47.9 Å². The molecule has 0 aromatic rings. The molecule has 10 heteroatoms. The van der Waals surface area contributed by atoms with Gasteiger partial charge in [-0.1, -0.05) is 26.7 Å². The van der Waals surface area contributed by atoms with Gasteiger partial charge in [0, 0.05) is 0 Å². The summed E-state index contributed by atoms with van der Waals surface area (Å²) in [5, 5.41) is 8.39. The zero-order valence-corrected chi connectivity index (χ0v) is 19.7. The van der Waals surface area contributed by atoms with Gasteiger partial charge in [-0.25, -0.2) is 4.79 Å². The van der Waals surface area contributed by atoms with Gasteiger partial charge in [-0.3, -0.25) is 4.79 Å². The Labute approximate surface area is 191 Å². The first-order valence-electron chi connectivity index (χ1n) is 11.5. The number of carboxylic acids is 1. The van der Waals surface area contributed by atoms with Gasteiger partial charge in [0.15, 0.2) is 0 Å². The number of carbonyl (C=O) groups excluding carboxylic acids is 1. The molecular weight excluding hydrogens is 424 g/mol. The Morgan fingerprint density at radius 3 is 1.44 bits per heavy atom. The summed E-state index contributed by atoms with van der Waals surface area (Å²) in [5.74, 6) is -1.13. The van der Waals surface area contributed by atoms with Crippen LogP contribution in [0.1, 0.15) is 39.5 Å². The maximum atomic E-state index is 11.9. The molecule has 10 nitrogen and oxygen atoms in total. The Bertz CT molecular complexity index is 433. The lowest BCUT2D eigenvalue weighted by Crippen LogP contribution is -2.20. The summed E-state index contributed by atoms with van der Waals surface area (Å²) >= 11 is 0. The predicted molar refractivity (Wildman–Crippen MR) is 117 cm³/mol. The maximum Gasteiger partial charge on any atom is 0.329 e. The molecule has 0 heterocycles. The maximum absolute atomic E-state index is 11.9. The van der Waals surface area contributed by atoms with E-state index in [1.165, 1.54) is 0 Å². The molecule has 0 aliphatic heterocycles. The van der Waals surface area contributed by atoms with E-state index >= 15 is 0 Å². The molecule has 0 rings (SSSR count). The minimum Gasteiger partial charge on any atom is -0.480 e. The SMILES string of the molecule is CCCCC(CC)C(=O)OCCOCCOCCOCCOCCOCCOCC(=O)O. The van der Waals surface area contributed by atoms with Crippen LogP contribution < -0.4 is 0 Å². The number of carbonyl (C=O) groups is 2. The van der Waals surface area contributed by atoms with Crippen LogP contribution in [-0.4, -0.2) is 103 Å². The van der Waals surface area contributed by atoms with E-state index in [2.05, 4.69) is 6.92 Å². The average molecular weight is 467 g/mol. The fraction of sp³-hybridized carbons (Fsp3) is 0.909. The first kappa shape index (κ1) is 30.7. The third kappa shape index (κ3) is 21.9. The Balaban J connectivity index is 3.22. The number of hydrogen-bond acceptors (Lipinski definition) is 9. The van der Waals surface area contributed by atoms with Gasteiger partial charge in [0.1, 0.15) is 13.2 Å². The number of unbranched alkanes of at least 4 members (excludes halogenated alkanes) is 1. The highest BCUT2D eigenvalue weighted by molar-refractivity contribution is 5.72. The quantitative estimate of drug-likeness (QED) is 0.158. The van der Waals surface area contributed by atoms with Crippen molar-refractivity contribution in [2.45, 2.75) is 39.5 Å². The van der Waals surface area contributed by atoms with E-state index in [0.29, 0.717) is 66.1 Å². The summed E-state index contributed by atoms with van der Waals surface area (Å²) in [6, 6.07) is 0. The van der Waals surface area contributed by atoms with Crippen molar-refractivity contribution in [3.8, 4) is 0 Å². The number of aliphatic carboxylic acids is 1. The lowest BCUT2D eigenvalue weighted by molar-refractivity contribution is -0.150. The average Bonchev–Trinajstić information content (AvgIpc) is 2.78. The van der Waals surface area contributed by atoms with Crippen molar-refractivity contribution in [3.63, 3.8) is 0 Å². The van der Waals surface area contributed by atoms with Gasteiger partial charge in [-0.15, -0.1) is 0 Å². The number of hydrogen-bond donors (Lipinski definition) is 1. The molecule has 0 radical (unpaired) electrons. The van der Waals surface area contributed by atoms with Gasteiger partial charge < -0.3 is 38.3 Å². The minimum atomic E-state index is -0.996. The predicted octanol–water partition coefficient (Wildman–Crippen LogP) is 1.93. The van der Waals surface area contributed by atoms with Crippen LogP contribution in [0.15, 0.2) is 0 Å². The summed E-state index contributed by atoms with van der Waals surface area (Å²) in [7, 11) is 0. The molecule has 1 unspecified atom stereocenters. The Hall–Kier alpha value is -1.30. The second-order valence-electron chi connectivity index (χ2n) is 6.92. The van der Waals surface area contributed by atoms with E-state index in [1.807, 2.05) is 6.92 Å². The van der Waals surface area contributed by atoms with Crippen LogP contribution in [0.5, 0.6) is 0 Å². The van der Waals surface area contributed by atoms with Crippen molar-refractivity contribution in [2.75, 3.05) is 85.9 Å². The van der Waals surface area contributed by atoms with Crippen LogP contribution in [0.25, 0.3) is 0 Å². The summed E-state index contributed by atoms with van der Waals surface area (Å²) < 4.78 is 36.8. The first-order chi connectivity index (χ1) is 15.6. The molecule has 0 saturated carbocycles. The second kappa shape index (κ2) is 24.3. The number of carboxylic acid groups (broad SMARTS) is 1. The zero-order valence-electron chi connectivity index (χ0n) is 19.7. The number of rotatable bonds is 25. The molecule has 0 aliphatic rings. The zero-order chi connectivity index (χ0) is 23.7. The van der Waals surface area contributed by atoms with Crippen LogP contribution in [0.2, 0.25) is 0 Å². The van der Waals surface area contributed by atoms with Crippen LogP contribution in [0.3, 0.4) is 0 Å². The molecule has 0 fully saturated rings. The van der Waals surface area contributed by atoms with Gasteiger partial charge >= 0.3 is 11.9 Å². The van der Waals surface area contributed by atoms with Crippen LogP contribution in [0, 0.1) is 5.92 Å². The highest BCUT2D eigenvalue weighted by Crippen LogP contribution is 2.14. The Kier molecular flexibility index (Phi) is 23.4. The topological polar surface area (TPSA) is 119 Å². The summed E-state index contributed by atoms with van der Waals surface area (Å²) in [6.07, 6.45) is 3.82. The molecule has 0 aromatic carbocycles. The monoisotopic (exact) mass is 466 g/mol. The molecule has 0 spiro atoms. The summed E-state index contributed by atoms with van der Waals surface area (Å²) in [5.41, 5.74) is 0. The van der Waals surface area contributed by atoms with Crippen LogP contribution in [-0.2, 0) is 42.7 Å². The van der Waals surface area contributed by atoms with E-state index in [9.17, 15) is 9.59 Å². The standard InChI is InChI=1S/C22H42O10/c1-3-5-6-20(4-2)22(25)32-18-17-30-14-13-28-10-9-26-7-8-27-11-12-29-15-16-31-19-21(23)24/h20H,3-19H2,1-2H3,(H,23,24). The van der Waals surface area contributed by atoms with Crippen molar-refractivity contribution in [3.05, 3.63) is 0 Å². The highest BCUT2D eigenvalue weighted by Gasteiger charge is 2.16. The van der Waals surface area contributed by atoms with E-state index in [1.54, 1.807) is 0 Å². The Morgan fingerprint density at radius 1 is 0.656 bits per heavy atom. The van der Waals surface area contributed by atoms with Crippen molar-refractivity contribution >= 4 is 11.9 Å². The van der Waals surface area contributed by atoms with Gasteiger partial charge in [0.2, 0.25) is 0 Å².